The standard InChI is InChI=1S/C17H26N2O2/c1-2-3-4-14-21-16-8-6-15(7-9-16)17(20)19-12-5-10-18-11-13-19/h6-9,18H,2-5,10-14H2,1H3. The quantitative estimate of drug-likeness (QED) is 0.819. The monoisotopic (exact) mass is 290 g/mol. The van der Waals surface area contributed by atoms with E-state index in [0.717, 1.165) is 56.9 Å². The van der Waals surface area contributed by atoms with Gasteiger partial charge >= 0.3 is 0 Å². The minimum absolute atomic E-state index is 0.122. The van der Waals surface area contributed by atoms with Gasteiger partial charge in [-0.05, 0) is 43.7 Å². The molecule has 1 aromatic rings. The van der Waals surface area contributed by atoms with Crippen molar-refractivity contribution in [3.05, 3.63) is 29.8 Å². The van der Waals surface area contributed by atoms with Gasteiger partial charge in [-0.1, -0.05) is 19.8 Å². The number of rotatable bonds is 6. The van der Waals surface area contributed by atoms with E-state index in [4.69, 9.17) is 4.74 Å². The van der Waals surface area contributed by atoms with Gasteiger partial charge in [0.2, 0.25) is 0 Å². The molecule has 21 heavy (non-hydrogen) atoms. The second-order valence-electron chi connectivity index (χ2n) is 5.48. The minimum Gasteiger partial charge on any atom is -0.494 e. The molecule has 0 unspecified atom stereocenters. The van der Waals surface area contributed by atoms with Crippen LogP contribution < -0.4 is 10.1 Å². The molecule has 1 aliphatic rings. The maximum atomic E-state index is 12.4. The second kappa shape index (κ2) is 8.67. The van der Waals surface area contributed by atoms with Gasteiger partial charge in [0, 0.05) is 25.2 Å². The zero-order valence-corrected chi connectivity index (χ0v) is 12.9. The Morgan fingerprint density at radius 1 is 1.19 bits per heavy atom. The van der Waals surface area contributed by atoms with Crippen LogP contribution in [0, 0.1) is 0 Å². The normalized spacial score (nSPS) is 15.6. The molecule has 0 spiro atoms. The fraction of sp³-hybridized carbons (Fsp3) is 0.588. The fourth-order valence-electron chi connectivity index (χ4n) is 2.47. The van der Waals surface area contributed by atoms with Gasteiger partial charge in [0.25, 0.3) is 5.91 Å². The van der Waals surface area contributed by atoms with Gasteiger partial charge in [-0.15, -0.1) is 0 Å². The van der Waals surface area contributed by atoms with Crippen LogP contribution >= 0.6 is 0 Å². The molecule has 0 atom stereocenters. The smallest absolute Gasteiger partial charge is 0.253 e. The van der Waals surface area contributed by atoms with E-state index >= 15 is 0 Å². The summed E-state index contributed by atoms with van der Waals surface area (Å²) in [4.78, 5) is 14.3. The van der Waals surface area contributed by atoms with E-state index in [0.29, 0.717) is 0 Å². The zero-order chi connectivity index (χ0) is 14.9. The number of nitrogens with zero attached hydrogens (tertiary/aromatic N) is 1. The summed E-state index contributed by atoms with van der Waals surface area (Å²) in [6.07, 6.45) is 4.49. The number of nitrogens with one attached hydrogen (secondary N) is 1. The van der Waals surface area contributed by atoms with Crippen molar-refractivity contribution in [2.45, 2.75) is 32.6 Å². The Kier molecular flexibility index (Phi) is 6.54. The molecule has 1 amide bonds. The van der Waals surface area contributed by atoms with E-state index in [-0.39, 0.29) is 5.91 Å². The third kappa shape index (κ3) is 5.05. The van der Waals surface area contributed by atoms with E-state index in [1.807, 2.05) is 29.2 Å². The molecule has 4 heteroatoms. The van der Waals surface area contributed by atoms with Gasteiger partial charge < -0.3 is 15.0 Å². The molecule has 2 rings (SSSR count). The molecule has 0 bridgehead atoms. The zero-order valence-electron chi connectivity index (χ0n) is 12.9. The van der Waals surface area contributed by atoms with Gasteiger partial charge in [-0.25, -0.2) is 0 Å². The van der Waals surface area contributed by atoms with Gasteiger partial charge in [-0.3, -0.25) is 4.79 Å². The molecular formula is C17H26N2O2. The Hall–Kier alpha value is -1.55. The summed E-state index contributed by atoms with van der Waals surface area (Å²) >= 11 is 0. The van der Waals surface area contributed by atoms with Crippen molar-refractivity contribution in [2.75, 3.05) is 32.8 Å². The molecule has 1 aromatic carbocycles. The van der Waals surface area contributed by atoms with Crippen LogP contribution in [0.5, 0.6) is 5.75 Å². The third-order valence-electron chi connectivity index (χ3n) is 3.75. The molecule has 1 aliphatic heterocycles. The second-order valence-corrected chi connectivity index (χ2v) is 5.48. The van der Waals surface area contributed by atoms with Crippen LogP contribution in [0.1, 0.15) is 43.0 Å². The lowest BCUT2D eigenvalue weighted by atomic mass is 10.2. The lowest BCUT2D eigenvalue weighted by molar-refractivity contribution is 0.0766. The van der Waals surface area contributed by atoms with Crippen molar-refractivity contribution in [1.29, 1.82) is 0 Å². The lowest BCUT2D eigenvalue weighted by Crippen LogP contribution is -2.34. The van der Waals surface area contributed by atoms with Crippen LogP contribution in [0.4, 0.5) is 0 Å². The number of carbonyl (C=O) groups is 1. The van der Waals surface area contributed by atoms with Crippen LogP contribution in [-0.4, -0.2) is 43.6 Å². The fourth-order valence-corrected chi connectivity index (χ4v) is 2.47. The van der Waals surface area contributed by atoms with E-state index in [1.54, 1.807) is 0 Å². The van der Waals surface area contributed by atoms with Gasteiger partial charge in [0.05, 0.1) is 6.61 Å². The summed E-state index contributed by atoms with van der Waals surface area (Å²) in [6.45, 7) is 6.42. The highest BCUT2D eigenvalue weighted by molar-refractivity contribution is 5.94. The van der Waals surface area contributed by atoms with E-state index in [1.165, 1.54) is 12.8 Å². The molecule has 1 heterocycles. The molecule has 116 valence electrons. The number of hydrogen-bond acceptors (Lipinski definition) is 3. The minimum atomic E-state index is 0.122. The molecule has 0 aliphatic carbocycles. The first-order chi connectivity index (χ1) is 10.3. The first-order valence-corrected chi connectivity index (χ1v) is 8.04. The van der Waals surface area contributed by atoms with Crippen molar-refractivity contribution in [2.24, 2.45) is 0 Å². The van der Waals surface area contributed by atoms with Gasteiger partial charge in [0.15, 0.2) is 0 Å². The van der Waals surface area contributed by atoms with Crippen LogP contribution in [0.2, 0.25) is 0 Å². The maximum Gasteiger partial charge on any atom is 0.253 e. The summed E-state index contributed by atoms with van der Waals surface area (Å²) in [5, 5.41) is 3.31. The van der Waals surface area contributed by atoms with E-state index in [9.17, 15) is 4.79 Å². The number of benzene rings is 1. The number of ether oxygens (including phenoxy) is 1. The summed E-state index contributed by atoms with van der Waals surface area (Å²) in [5.74, 6) is 0.969. The topological polar surface area (TPSA) is 41.6 Å². The average molecular weight is 290 g/mol. The van der Waals surface area contributed by atoms with E-state index < -0.39 is 0 Å². The summed E-state index contributed by atoms with van der Waals surface area (Å²) in [6, 6.07) is 7.54. The van der Waals surface area contributed by atoms with Crippen molar-refractivity contribution < 1.29 is 9.53 Å². The summed E-state index contributed by atoms with van der Waals surface area (Å²) < 4.78 is 5.67. The lowest BCUT2D eigenvalue weighted by Gasteiger charge is -2.20. The molecule has 0 saturated carbocycles. The highest BCUT2D eigenvalue weighted by atomic mass is 16.5. The van der Waals surface area contributed by atoms with E-state index in [2.05, 4.69) is 12.2 Å². The Bertz CT molecular complexity index is 423. The molecule has 0 aromatic heterocycles. The Balaban J connectivity index is 1.86. The van der Waals surface area contributed by atoms with Gasteiger partial charge in [-0.2, -0.15) is 0 Å². The molecule has 0 radical (unpaired) electrons. The third-order valence-corrected chi connectivity index (χ3v) is 3.75. The summed E-state index contributed by atoms with van der Waals surface area (Å²) in [5.41, 5.74) is 0.748. The molecular weight excluding hydrogens is 264 g/mol. The highest BCUT2D eigenvalue weighted by Crippen LogP contribution is 2.15. The van der Waals surface area contributed by atoms with Crippen molar-refractivity contribution in [3.63, 3.8) is 0 Å². The average Bonchev–Trinajstić information content (AvgIpc) is 2.81. The molecule has 1 saturated heterocycles. The van der Waals surface area contributed by atoms with Gasteiger partial charge in [0.1, 0.15) is 5.75 Å². The molecule has 4 nitrogen and oxygen atoms in total. The van der Waals surface area contributed by atoms with Crippen molar-refractivity contribution in [3.8, 4) is 5.75 Å². The van der Waals surface area contributed by atoms with Crippen molar-refractivity contribution in [1.82, 2.24) is 10.2 Å². The van der Waals surface area contributed by atoms with Crippen LogP contribution in [0.3, 0.4) is 0 Å². The first-order valence-electron chi connectivity index (χ1n) is 8.04. The van der Waals surface area contributed by atoms with Crippen LogP contribution in [0.15, 0.2) is 24.3 Å². The Morgan fingerprint density at radius 3 is 2.76 bits per heavy atom. The molecule has 1 N–H and O–H groups in total. The van der Waals surface area contributed by atoms with Crippen LogP contribution in [0.25, 0.3) is 0 Å². The number of amides is 1. The van der Waals surface area contributed by atoms with Crippen LogP contribution in [-0.2, 0) is 0 Å². The number of unbranched alkanes of at least 4 members (excludes halogenated alkanes) is 2. The first kappa shape index (κ1) is 15.8. The summed E-state index contributed by atoms with van der Waals surface area (Å²) in [7, 11) is 0. The largest absolute Gasteiger partial charge is 0.494 e. The predicted molar refractivity (Wildman–Crippen MR) is 84.9 cm³/mol. The molecule has 1 fully saturated rings. The Morgan fingerprint density at radius 2 is 2.00 bits per heavy atom. The SMILES string of the molecule is CCCCCOc1ccc(C(=O)N2CCCNCC2)cc1. The van der Waals surface area contributed by atoms with Crippen molar-refractivity contribution >= 4 is 5.91 Å². The number of hydrogen-bond donors (Lipinski definition) is 1. The Labute approximate surface area is 127 Å². The number of carbonyl (C=O) groups excluding carboxylic acids is 1. The predicted octanol–water partition coefficient (Wildman–Crippen LogP) is 2.69. The highest BCUT2D eigenvalue weighted by Gasteiger charge is 2.16. The maximum absolute atomic E-state index is 12.4.